The van der Waals surface area contributed by atoms with Crippen LogP contribution >= 0.6 is 0 Å². The van der Waals surface area contributed by atoms with Crippen LogP contribution in [0.1, 0.15) is 12.8 Å². The molecule has 0 atom stereocenters. The van der Waals surface area contributed by atoms with Crippen molar-refractivity contribution in [1.82, 2.24) is 14.5 Å². The molecule has 112 valence electrons. The van der Waals surface area contributed by atoms with Crippen molar-refractivity contribution >= 4 is 10.0 Å². The lowest BCUT2D eigenvalue weighted by Gasteiger charge is -2.49. The molecule has 6 nitrogen and oxygen atoms in total. The monoisotopic (exact) mass is 291 g/mol. The van der Waals surface area contributed by atoms with Crippen LogP contribution in [0.2, 0.25) is 0 Å². The zero-order valence-electron chi connectivity index (χ0n) is 11.9. The van der Waals surface area contributed by atoms with Gasteiger partial charge >= 0.3 is 0 Å². The van der Waals surface area contributed by atoms with Gasteiger partial charge in [-0.1, -0.05) is 0 Å². The van der Waals surface area contributed by atoms with E-state index in [0.717, 1.165) is 52.2 Å². The van der Waals surface area contributed by atoms with Crippen LogP contribution < -0.4 is 4.72 Å². The van der Waals surface area contributed by atoms with Crippen LogP contribution in [0.15, 0.2) is 0 Å². The van der Waals surface area contributed by atoms with E-state index in [2.05, 4.69) is 21.6 Å². The second kappa shape index (κ2) is 6.05. The fourth-order valence-corrected chi connectivity index (χ4v) is 3.47. The molecule has 0 aliphatic carbocycles. The van der Waals surface area contributed by atoms with Gasteiger partial charge in [0.05, 0.1) is 19.5 Å². The molecule has 19 heavy (non-hydrogen) atoms. The van der Waals surface area contributed by atoms with E-state index in [9.17, 15) is 8.42 Å². The van der Waals surface area contributed by atoms with E-state index in [-0.39, 0.29) is 5.54 Å². The number of hydrogen-bond acceptors (Lipinski definition) is 5. The molecule has 0 aromatic rings. The summed E-state index contributed by atoms with van der Waals surface area (Å²) >= 11 is 0. The van der Waals surface area contributed by atoms with Crippen molar-refractivity contribution in [3.05, 3.63) is 0 Å². The Balaban J connectivity index is 2.07. The van der Waals surface area contributed by atoms with E-state index in [1.165, 1.54) is 6.26 Å². The SMILES string of the molecule is CN1CCC(CNS(C)(=O)=O)(N2CCOCC2)CC1. The fraction of sp³-hybridized carbons (Fsp3) is 1.00. The van der Waals surface area contributed by atoms with Crippen LogP contribution in [0, 0.1) is 0 Å². The Labute approximate surface area is 116 Å². The normalized spacial score (nSPS) is 26.4. The van der Waals surface area contributed by atoms with Crippen molar-refractivity contribution in [3.8, 4) is 0 Å². The van der Waals surface area contributed by atoms with Crippen LogP contribution in [0.4, 0.5) is 0 Å². The first kappa shape index (κ1) is 15.2. The van der Waals surface area contributed by atoms with Gasteiger partial charge in [-0.25, -0.2) is 13.1 Å². The molecule has 2 rings (SSSR count). The Morgan fingerprint density at radius 1 is 1.16 bits per heavy atom. The summed E-state index contributed by atoms with van der Waals surface area (Å²) in [6.07, 6.45) is 3.24. The Morgan fingerprint density at radius 3 is 2.26 bits per heavy atom. The smallest absolute Gasteiger partial charge is 0.208 e. The van der Waals surface area contributed by atoms with Gasteiger partial charge in [0.25, 0.3) is 0 Å². The maximum atomic E-state index is 11.4. The number of sulfonamides is 1. The van der Waals surface area contributed by atoms with E-state index in [1.807, 2.05) is 0 Å². The highest BCUT2D eigenvalue weighted by Gasteiger charge is 2.40. The van der Waals surface area contributed by atoms with Gasteiger partial charge in [0.15, 0.2) is 0 Å². The maximum absolute atomic E-state index is 11.4. The Bertz CT molecular complexity index is 385. The van der Waals surface area contributed by atoms with Crippen LogP contribution in [0.3, 0.4) is 0 Å². The van der Waals surface area contributed by atoms with Gasteiger partial charge in [-0.05, 0) is 33.0 Å². The van der Waals surface area contributed by atoms with E-state index >= 15 is 0 Å². The van der Waals surface area contributed by atoms with Crippen LogP contribution in [0.25, 0.3) is 0 Å². The second-order valence-corrected chi connectivity index (χ2v) is 7.55. The first-order valence-corrected chi connectivity index (χ1v) is 8.76. The van der Waals surface area contributed by atoms with Crippen molar-refractivity contribution in [2.24, 2.45) is 0 Å². The summed E-state index contributed by atoms with van der Waals surface area (Å²) in [5, 5.41) is 0. The van der Waals surface area contributed by atoms with Crippen LogP contribution in [-0.4, -0.2) is 83.0 Å². The molecule has 0 saturated carbocycles. The Hall–Kier alpha value is -0.210. The minimum Gasteiger partial charge on any atom is -0.379 e. The summed E-state index contributed by atoms with van der Waals surface area (Å²) in [5.41, 5.74) is -0.0423. The van der Waals surface area contributed by atoms with Gasteiger partial charge in [0.2, 0.25) is 10.0 Å². The molecule has 2 fully saturated rings. The molecular weight excluding hydrogens is 266 g/mol. The molecule has 2 saturated heterocycles. The average molecular weight is 291 g/mol. The van der Waals surface area contributed by atoms with Gasteiger partial charge in [0.1, 0.15) is 0 Å². The molecule has 1 N–H and O–H groups in total. The molecule has 0 aromatic carbocycles. The highest BCUT2D eigenvalue weighted by Crippen LogP contribution is 2.29. The molecule has 2 aliphatic heterocycles. The number of nitrogens with one attached hydrogen (secondary N) is 1. The highest BCUT2D eigenvalue weighted by atomic mass is 32.2. The zero-order chi connectivity index (χ0) is 13.9. The van der Waals surface area contributed by atoms with Crippen LogP contribution in [0.5, 0.6) is 0 Å². The van der Waals surface area contributed by atoms with Crippen molar-refractivity contribution in [2.75, 3.05) is 59.2 Å². The predicted molar refractivity (Wildman–Crippen MR) is 74.7 cm³/mol. The molecule has 0 unspecified atom stereocenters. The Morgan fingerprint density at radius 2 is 1.74 bits per heavy atom. The summed E-state index contributed by atoms with van der Waals surface area (Å²) < 4.78 is 30.9. The molecule has 7 heteroatoms. The first-order chi connectivity index (χ1) is 8.91. The number of rotatable bonds is 4. The van der Waals surface area contributed by atoms with Crippen molar-refractivity contribution in [3.63, 3.8) is 0 Å². The summed E-state index contributed by atoms with van der Waals surface area (Å²) in [4.78, 5) is 4.72. The molecule has 0 spiro atoms. The van der Waals surface area contributed by atoms with Gasteiger partial charge < -0.3 is 9.64 Å². The van der Waals surface area contributed by atoms with Gasteiger partial charge in [-0.3, -0.25) is 4.90 Å². The molecule has 0 aromatic heterocycles. The van der Waals surface area contributed by atoms with Crippen molar-refractivity contribution < 1.29 is 13.2 Å². The minimum absolute atomic E-state index is 0.0423. The third kappa shape index (κ3) is 4.13. The summed E-state index contributed by atoms with van der Waals surface area (Å²) in [6.45, 7) is 5.84. The number of ether oxygens (including phenoxy) is 1. The Kier molecular flexibility index (Phi) is 4.84. The lowest BCUT2D eigenvalue weighted by Crippen LogP contribution is -2.62. The summed E-state index contributed by atoms with van der Waals surface area (Å²) in [6, 6.07) is 0. The van der Waals surface area contributed by atoms with Crippen LogP contribution in [-0.2, 0) is 14.8 Å². The predicted octanol–water partition coefficient (Wildman–Crippen LogP) is -0.668. The zero-order valence-corrected chi connectivity index (χ0v) is 12.7. The molecule has 2 aliphatic rings. The number of likely N-dealkylation sites (tertiary alicyclic amines) is 1. The number of nitrogens with zero attached hydrogens (tertiary/aromatic N) is 2. The van der Waals surface area contributed by atoms with Crippen molar-refractivity contribution in [1.29, 1.82) is 0 Å². The number of hydrogen-bond donors (Lipinski definition) is 1. The van der Waals surface area contributed by atoms with Crippen molar-refractivity contribution in [2.45, 2.75) is 18.4 Å². The molecule has 0 amide bonds. The lowest BCUT2D eigenvalue weighted by molar-refractivity contribution is -0.0427. The van der Waals surface area contributed by atoms with Gasteiger partial charge in [-0.2, -0.15) is 0 Å². The summed E-state index contributed by atoms with van der Waals surface area (Å²) in [5.74, 6) is 0. The third-order valence-electron chi connectivity index (χ3n) is 4.26. The molecule has 0 bridgehead atoms. The van der Waals surface area contributed by atoms with E-state index in [0.29, 0.717) is 6.54 Å². The topological polar surface area (TPSA) is 61.9 Å². The quantitative estimate of drug-likeness (QED) is 0.744. The number of morpholine rings is 1. The van der Waals surface area contributed by atoms with Gasteiger partial charge in [-0.15, -0.1) is 0 Å². The summed E-state index contributed by atoms with van der Waals surface area (Å²) in [7, 11) is -1.02. The van der Waals surface area contributed by atoms with Gasteiger partial charge in [0, 0.05) is 25.2 Å². The minimum atomic E-state index is -3.14. The van der Waals surface area contributed by atoms with E-state index < -0.39 is 10.0 Å². The first-order valence-electron chi connectivity index (χ1n) is 6.87. The molecular formula is C12H25N3O3S. The number of piperidine rings is 1. The highest BCUT2D eigenvalue weighted by molar-refractivity contribution is 7.88. The van der Waals surface area contributed by atoms with E-state index in [4.69, 9.17) is 4.74 Å². The maximum Gasteiger partial charge on any atom is 0.208 e. The fourth-order valence-electron chi connectivity index (χ4n) is 2.94. The van der Waals surface area contributed by atoms with E-state index in [1.54, 1.807) is 0 Å². The standard InChI is InChI=1S/C12H25N3O3S/c1-14-5-3-12(4-6-14,11-13-19(2,16)17)15-7-9-18-10-8-15/h13H,3-11H2,1-2H3. The second-order valence-electron chi connectivity index (χ2n) is 5.72. The lowest BCUT2D eigenvalue weighted by atomic mass is 9.85. The molecule has 0 radical (unpaired) electrons. The third-order valence-corrected chi connectivity index (χ3v) is 4.93. The molecule has 2 heterocycles. The average Bonchev–Trinajstić information content (AvgIpc) is 2.39. The largest absolute Gasteiger partial charge is 0.379 e.